The summed E-state index contributed by atoms with van der Waals surface area (Å²) >= 11 is 0. The summed E-state index contributed by atoms with van der Waals surface area (Å²) in [6.07, 6.45) is 0.626. The summed E-state index contributed by atoms with van der Waals surface area (Å²) in [6.45, 7) is 1.66. The van der Waals surface area contributed by atoms with E-state index in [1.54, 1.807) is 0 Å². The molecular formula is C22H20N2O4. The molecule has 0 bridgehead atoms. The number of nitrogens with one attached hydrogen (secondary N) is 1. The minimum absolute atomic E-state index is 0.139. The highest BCUT2D eigenvalue weighted by Crippen LogP contribution is 2.16. The fraction of sp³-hybridized carbons (Fsp3) is 0.136. The maximum absolute atomic E-state index is 12.0. The molecule has 0 unspecified atom stereocenters. The number of oxime groups is 1. The summed E-state index contributed by atoms with van der Waals surface area (Å²) in [5, 5.41) is 8.16. The van der Waals surface area contributed by atoms with Crippen LogP contribution < -0.4 is 5.32 Å². The summed E-state index contributed by atoms with van der Waals surface area (Å²) in [5.41, 5.74) is 1.69. The lowest BCUT2D eigenvalue weighted by atomic mass is 10.1. The maximum atomic E-state index is 12.0. The predicted molar refractivity (Wildman–Crippen MR) is 107 cm³/mol. The van der Waals surface area contributed by atoms with E-state index in [2.05, 4.69) is 10.5 Å². The van der Waals surface area contributed by atoms with Crippen molar-refractivity contribution in [1.29, 1.82) is 0 Å². The second kappa shape index (κ2) is 9.32. The minimum Gasteiger partial charge on any atom is -0.459 e. The van der Waals surface area contributed by atoms with Gasteiger partial charge in [0.15, 0.2) is 0 Å². The molecule has 0 aliphatic carbocycles. The first-order valence-electron chi connectivity index (χ1n) is 8.82. The fourth-order valence-corrected chi connectivity index (χ4v) is 2.61. The van der Waals surface area contributed by atoms with Gasteiger partial charge in [-0.05, 0) is 23.3 Å². The zero-order valence-corrected chi connectivity index (χ0v) is 15.4. The lowest BCUT2D eigenvalue weighted by Crippen LogP contribution is -2.39. The number of carbonyl (C=O) groups excluding carboxylic acids is 2. The number of rotatable bonds is 6. The van der Waals surface area contributed by atoms with E-state index >= 15 is 0 Å². The van der Waals surface area contributed by atoms with Crippen LogP contribution in [0.15, 0.2) is 78.0 Å². The van der Waals surface area contributed by atoms with Crippen LogP contribution in [0.4, 0.5) is 4.79 Å². The largest absolute Gasteiger partial charge is 0.459 e. The van der Waals surface area contributed by atoms with E-state index in [0.717, 1.165) is 21.9 Å². The van der Waals surface area contributed by atoms with Gasteiger partial charge in [0.25, 0.3) is 0 Å². The number of ether oxygens (including phenoxy) is 1. The van der Waals surface area contributed by atoms with Gasteiger partial charge in [-0.25, -0.2) is 9.59 Å². The normalized spacial score (nSPS) is 11.9. The quantitative estimate of drug-likeness (QED) is 0.305. The van der Waals surface area contributed by atoms with Crippen molar-refractivity contribution in [2.24, 2.45) is 5.16 Å². The van der Waals surface area contributed by atoms with E-state index in [1.165, 1.54) is 13.1 Å². The number of hydrogen-bond donors (Lipinski definition) is 1. The summed E-state index contributed by atoms with van der Waals surface area (Å²) in [5.74, 6) is -0.557. The molecule has 3 aromatic rings. The van der Waals surface area contributed by atoms with Crippen LogP contribution in [0.3, 0.4) is 0 Å². The van der Waals surface area contributed by atoms with Crippen molar-refractivity contribution in [3.05, 3.63) is 83.9 Å². The molecule has 6 heteroatoms. The summed E-state index contributed by atoms with van der Waals surface area (Å²) < 4.78 is 5.17. The predicted octanol–water partition coefficient (Wildman–Crippen LogP) is 4.03. The molecule has 0 heterocycles. The monoisotopic (exact) mass is 376 g/mol. The van der Waals surface area contributed by atoms with Crippen molar-refractivity contribution in [3.63, 3.8) is 0 Å². The Morgan fingerprint density at radius 1 is 1.00 bits per heavy atom. The first-order valence-corrected chi connectivity index (χ1v) is 8.82. The Labute approximate surface area is 162 Å². The number of carbonyl (C=O) groups is 2. The van der Waals surface area contributed by atoms with Crippen LogP contribution in [0.5, 0.6) is 0 Å². The Morgan fingerprint density at radius 2 is 1.71 bits per heavy atom. The van der Waals surface area contributed by atoms with Crippen molar-refractivity contribution in [2.45, 2.75) is 19.6 Å². The second-order valence-corrected chi connectivity index (χ2v) is 6.14. The smallest absolute Gasteiger partial charge is 0.434 e. The van der Waals surface area contributed by atoms with Gasteiger partial charge in [-0.3, -0.25) is 4.84 Å². The molecule has 6 nitrogen and oxygen atoms in total. The van der Waals surface area contributed by atoms with Gasteiger partial charge in [0.05, 0.1) is 6.21 Å². The molecule has 0 saturated heterocycles. The molecule has 3 rings (SSSR count). The van der Waals surface area contributed by atoms with Crippen LogP contribution in [0, 0.1) is 0 Å². The summed E-state index contributed by atoms with van der Waals surface area (Å²) in [7, 11) is 0. The zero-order chi connectivity index (χ0) is 19.8. The molecule has 142 valence electrons. The number of hydrogen-bond acceptors (Lipinski definition) is 5. The van der Waals surface area contributed by atoms with E-state index in [4.69, 9.17) is 9.57 Å². The third kappa shape index (κ3) is 5.17. The Bertz CT molecular complexity index is 981. The number of nitrogens with zero attached hydrogens (tertiary/aromatic N) is 1. The van der Waals surface area contributed by atoms with Gasteiger partial charge in [0.1, 0.15) is 12.6 Å². The average Bonchev–Trinajstić information content (AvgIpc) is 2.73. The lowest BCUT2D eigenvalue weighted by molar-refractivity contribution is -0.146. The molecule has 28 heavy (non-hydrogen) atoms. The topological polar surface area (TPSA) is 77.0 Å². The van der Waals surface area contributed by atoms with Gasteiger partial charge in [-0.2, -0.15) is 0 Å². The van der Waals surface area contributed by atoms with Crippen molar-refractivity contribution in [2.75, 3.05) is 0 Å². The molecule has 1 amide bonds. The molecule has 0 radical (unpaired) electrons. The molecule has 1 N–H and O–H groups in total. The van der Waals surface area contributed by atoms with Gasteiger partial charge >= 0.3 is 12.1 Å². The standard InChI is InChI=1S/C22H20N2O4/c1-16(21(25)27-15-17-8-3-2-4-9-17)24-22(26)28-23-14-19-12-7-11-18-10-5-6-13-20(18)19/h2-14,16H,15H2,1H3,(H,24,26)/b23-14+/t16-/m0/s1. The molecule has 0 aliphatic heterocycles. The zero-order valence-electron chi connectivity index (χ0n) is 15.4. The fourth-order valence-electron chi connectivity index (χ4n) is 2.61. The van der Waals surface area contributed by atoms with Crippen LogP contribution in [-0.2, 0) is 21.0 Å². The number of benzene rings is 3. The molecule has 1 atom stereocenters. The second-order valence-electron chi connectivity index (χ2n) is 6.14. The van der Waals surface area contributed by atoms with Crippen LogP contribution in [0.2, 0.25) is 0 Å². The summed E-state index contributed by atoms with van der Waals surface area (Å²) in [6, 6.07) is 22.0. The van der Waals surface area contributed by atoms with Gasteiger partial charge in [-0.15, -0.1) is 0 Å². The van der Waals surface area contributed by atoms with Gasteiger partial charge in [0, 0.05) is 5.56 Å². The minimum atomic E-state index is -0.857. The van der Waals surface area contributed by atoms with Crippen molar-refractivity contribution in [3.8, 4) is 0 Å². The highest BCUT2D eigenvalue weighted by Gasteiger charge is 2.18. The first-order chi connectivity index (χ1) is 13.6. The first kappa shape index (κ1) is 19.1. The Hall–Kier alpha value is -3.67. The lowest BCUT2D eigenvalue weighted by Gasteiger charge is -2.12. The van der Waals surface area contributed by atoms with E-state index < -0.39 is 18.1 Å². The summed E-state index contributed by atoms with van der Waals surface area (Å²) in [4.78, 5) is 28.6. The third-order valence-corrected chi connectivity index (χ3v) is 4.06. The van der Waals surface area contributed by atoms with E-state index in [-0.39, 0.29) is 6.61 Å². The average molecular weight is 376 g/mol. The van der Waals surface area contributed by atoms with Crippen molar-refractivity contribution in [1.82, 2.24) is 5.32 Å². The van der Waals surface area contributed by atoms with Gasteiger partial charge in [-0.1, -0.05) is 78.0 Å². The molecular weight excluding hydrogens is 356 g/mol. The van der Waals surface area contributed by atoms with Crippen molar-refractivity contribution >= 4 is 29.0 Å². The van der Waals surface area contributed by atoms with E-state index in [9.17, 15) is 9.59 Å². The molecule has 0 fully saturated rings. The van der Waals surface area contributed by atoms with Crippen LogP contribution in [0.25, 0.3) is 10.8 Å². The molecule has 0 spiro atoms. The van der Waals surface area contributed by atoms with Crippen molar-refractivity contribution < 1.29 is 19.2 Å². The highest BCUT2D eigenvalue weighted by atomic mass is 16.7. The number of amides is 1. The maximum Gasteiger partial charge on any atom is 0.434 e. The molecule has 0 saturated carbocycles. The molecule has 0 aromatic heterocycles. The van der Waals surface area contributed by atoms with E-state index in [1.807, 2.05) is 72.8 Å². The van der Waals surface area contributed by atoms with Crippen LogP contribution in [-0.4, -0.2) is 24.3 Å². The van der Waals surface area contributed by atoms with Crippen LogP contribution in [0.1, 0.15) is 18.1 Å². The highest BCUT2D eigenvalue weighted by molar-refractivity contribution is 5.99. The Balaban J connectivity index is 1.49. The molecule has 0 aliphatic rings. The number of esters is 1. The Kier molecular flexibility index (Phi) is 6.36. The van der Waals surface area contributed by atoms with Crippen LogP contribution >= 0.6 is 0 Å². The number of fused-ring (bicyclic) bond motifs is 1. The SMILES string of the molecule is C[C@H](NC(=O)O/N=C/c1cccc2ccccc12)C(=O)OCc1ccccc1. The van der Waals surface area contributed by atoms with Gasteiger partial charge in [0.2, 0.25) is 0 Å². The molecule has 3 aromatic carbocycles. The van der Waals surface area contributed by atoms with Gasteiger partial charge < -0.3 is 10.1 Å². The Morgan fingerprint density at radius 3 is 2.54 bits per heavy atom. The van der Waals surface area contributed by atoms with E-state index in [0.29, 0.717) is 0 Å². The third-order valence-electron chi connectivity index (χ3n) is 4.06.